The molecule has 5 heteroatoms. The van der Waals surface area contributed by atoms with Crippen LogP contribution in [0.4, 0.5) is 0 Å². The van der Waals surface area contributed by atoms with Crippen LogP contribution in [0, 0.1) is 5.41 Å². The third kappa shape index (κ3) is 4.00. The lowest BCUT2D eigenvalue weighted by Gasteiger charge is -2.24. The zero-order chi connectivity index (χ0) is 12.3. The van der Waals surface area contributed by atoms with E-state index >= 15 is 0 Å². The van der Waals surface area contributed by atoms with Crippen molar-refractivity contribution in [3.63, 3.8) is 0 Å². The molecule has 0 aromatic carbocycles. The zero-order valence-corrected chi connectivity index (χ0v) is 9.92. The third-order valence-electron chi connectivity index (χ3n) is 2.27. The first kappa shape index (κ1) is 12.7. The van der Waals surface area contributed by atoms with Crippen LogP contribution in [0.1, 0.15) is 40.0 Å². The van der Waals surface area contributed by atoms with Gasteiger partial charge in [-0.3, -0.25) is 19.7 Å². The highest BCUT2D eigenvalue weighted by molar-refractivity contribution is 6.01. The summed E-state index contributed by atoms with van der Waals surface area (Å²) in [6, 6.07) is -0.562. The molecule has 90 valence electrons. The molecule has 0 spiro atoms. The third-order valence-corrected chi connectivity index (χ3v) is 2.27. The molecule has 1 atom stereocenters. The highest BCUT2D eigenvalue weighted by Crippen LogP contribution is 2.18. The maximum absolute atomic E-state index is 11.6. The molecule has 0 bridgehead atoms. The van der Waals surface area contributed by atoms with Gasteiger partial charge >= 0.3 is 0 Å². The minimum atomic E-state index is -0.562. The van der Waals surface area contributed by atoms with Gasteiger partial charge in [0.2, 0.25) is 17.7 Å². The van der Waals surface area contributed by atoms with E-state index in [1.807, 2.05) is 20.8 Å². The molecule has 5 nitrogen and oxygen atoms in total. The van der Waals surface area contributed by atoms with Gasteiger partial charge in [0.15, 0.2) is 0 Å². The molecule has 1 saturated heterocycles. The Bertz CT molecular complexity index is 318. The average Bonchev–Trinajstić information content (AvgIpc) is 2.06. The maximum atomic E-state index is 11.6. The van der Waals surface area contributed by atoms with Crippen molar-refractivity contribution in [3.05, 3.63) is 0 Å². The lowest BCUT2D eigenvalue weighted by atomic mass is 9.91. The van der Waals surface area contributed by atoms with Gasteiger partial charge in [0, 0.05) is 12.8 Å². The monoisotopic (exact) mass is 226 g/mol. The SMILES string of the molecule is CC(C)(C)CC(=O)NC1CCC(=O)NC1=O. The van der Waals surface area contributed by atoms with Gasteiger partial charge in [-0.05, 0) is 11.8 Å². The fourth-order valence-electron chi connectivity index (χ4n) is 1.56. The van der Waals surface area contributed by atoms with Crippen LogP contribution in [0.2, 0.25) is 0 Å². The zero-order valence-electron chi connectivity index (χ0n) is 9.92. The summed E-state index contributed by atoms with van der Waals surface area (Å²) < 4.78 is 0. The van der Waals surface area contributed by atoms with Gasteiger partial charge in [-0.25, -0.2) is 0 Å². The average molecular weight is 226 g/mol. The topological polar surface area (TPSA) is 75.3 Å². The predicted octanol–water partition coefficient (Wildman–Crippen LogP) is 0.344. The quantitative estimate of drug-likeness (QED) is 0.667. The first-order valence-electron chi connectivity index (χ1n) is 5.41. The number of carbonyl (C=O) groups is 3. The van der Waals surface area contributed by atoms with Crippen molar-refractivity contribution in [1.29, 1.82) is 0 Å². The van der Waals surface area contributed by atoms with Gasteiger partial charge in [-0.15, -0.1) is 0 Å². The molecule has 0 radical (unpaired) electrons. The Kier molecular flexibility index (Phi) is 3.67. The van der Waals surface area contributed by atoms with E-state index in [0.29, 0.717) is 12.8 Å². The Balaban J connectivity index is 2.45. The number of nitrogens with one attached hydrogen (secondary N) is 2. The molecule has 1 unspecified atom stereocenters. The van der Waals surface area contributed by atoms with Crippen LogP contribution in [0.15, 0.2) is 0 Å². The summed E-state index contributed by atoms with van der Waals surface area (Å²) in [6.45, 7) is 5.87. The minimum absolute atomic E-state index is 0.106. The van der Waals surface area contributed by atoms with Crippen LogP contribution in [-0.4, -0.2) is 23.8 Å². The summed E-state index contributed by atoms with van der Waals surface area (Å²) >= 11 is 0. The summed E-state index contributed by atoms with van der Waals surface area (Å²) in [7, 11) is 0. The van der Waals surface area contributed by atoms with Crippen molar-refractivity contribution >= 4 is 17.7 Å². The fraction of sp³-hybridized carbons (Fsp3) is 0.727. The van der Waals surface area contributed by atoms with Crippen molar-refractivity contribution < 1.29 is 14.4 Å². The maximum Gasteiger partial charge on any atom is 0.249 e. The molecular formula is C11H18N2O3. The van der Waals surface area contributed by atoms with Crippen LogP contribution in [0.3, 0.4) is 0 Å². The molecule has 1 aliphatic heterocycles. The van der Waals surface area contributed by atoms with Crippen molar-refractivity contribution in [2.75, 3.05) is 0 Å². The second-order valence-electron chi connectivity index (χ2n) is 5.31. The van der Waals surface area contributed by atoms with E-state index in [9.17, 15) is 14.4 Å². The summed E-state index contributed by atoms with van der Waals surface area (Å²) in [5, 5.41) is 4.85. The Morgan fingerprint density at radius 3 is 2.56 bits per heavy atom. The Morgan fingerprint density at radius 1 is 1.44 bits per heavy atom. The summed E-state index contributed by atoms with van der Waals surface area (Å²) in [6.07, 6.45) is 1.04. The van der Waals surface area contributed by atoms with Gasteiger partial charge < -0.3 is 5.32 Å². The van der Waals surface area contributed by atoms with Crippen LogP contribution in [-0.2, 0) is 14.4 Å². The molecule has 0 aromatic rings. The van der Waals surface area contributed by atoms with E-state index in [4.69, 9.17) is 0 Å². The highest BCUT2D eigenvalue weighted by atomic mass is 16.2. The second-order valence-corrected chi connectivity index (χ2v) is 5.31. The van der Waals surface area contributed by atoms with Crippen LogP contribution in [0.5, 0.6) is 0 Å². The summed E-state index contributed by atoms with van der Waals surface area (Å²) in [4.78, 5) is 33.8. The Hall–Kier alpha value is -1.39. The van der Waals surface area contributed by atoms with E-state index < -0.39 is 11.9 Å². The van der Waals surface area contributed by atoms with Crippen LogP contribution in [0.25, 0.3) is 0 Å². The van der Waals surface area contributed by atoms with E-state index in [1.54, 1.807) is 0 Å². The smallest absolute Gasteiger partial charge is 0.249 e. The lowest BCUT2D eigenvalue weighted by Crippen LogP contribution is -2.52. The molecule has 0 aromatic heterocycles. The number of rotatable bonds is 2. The molecule has 16 heavy (non-hydrogen) atoms. The van der Waals surface area contributed by atoms with Gasteiger partial charge in [-0.2, -0.15) is 0 Å². The number of hydrogen-bond acceptors (Lipinski definition) is 3. The number of hydrogen-bond donors (Lipinski definition) is 2. The van der Waals surface area contributed by atoms with Gasteiger partial charge in [0.25, 0.3) is 0 Å². The molecular weight excluding hydrogens is 208 g/mol. The minimum Gasteiger partial charge on any atom is -0.344 e. The highest BCUT2D eigenvalue weighted by Gasteiger charge is 2.28. The summed E-state index contributed by atoms with van der Waals surface area (Å²) in [5.41, 5.74) is -0.106. The van der Waals surface area contributed by atoms with Crippen molar-refractivity contribution in [1.82, 2.24) is 10.6 Å². The van der Waals surface area contributed by atoms with Gasteiger partial charge in [0.05, 0.1) is 0 Å². The molecule has 1 fully saturated rings. The second kappa shape index (κ2) is 4.63. The van der Waals surface area contributed by atoms with Gasteiger partial charge in [-0.1, -0.05) is 20.8 Å². The van der Waals surface area contributed by atoms with E-state index in [1.165, 1.54) is 0 Å². The normalized spacial score (nSPS) is 21.6. The van der Waals surface area contributed by atoms with Gasteiger partial charge in [0.1, 0.15) is 6.04 Å². The number of amides is 3. The van der Waals surface area contributed by atoms with Crippen molar-refractivity contribution in [2.45, 2.75) is 46.1 Å². The van der Waals surface area contributed by atoms with E-state index in [2.05, 4.69) is 10.6 Å². The lowest BCUT2D eigenvalue weighted by molar-refractivity contribution is -0.137. The molecule has 2 N–H and O–H groups in total. The molecule has 0 saturated carbocycles. The summed E-state index contributed by atoms with van der Waals surface area (Å²) in [5.74, 6) is -0.827. The van der Waals surface area contributed by atoms with Crippen molar-refractivity contribution in [3.8, 4) is 0 Å². The largest absolute Gasteiger partial charge is 0.344 e. The van der Waals surface area contributed by atoms with E-state index in [0.717, 1.165) is 0 Å². The number of carbonyl (C=O) groups excluding carboxylic acids is 3. The Labute approximate surface area is 95.0 Å². The van der Waals surface area contributed by atoms with Crippen molar-refractivity contribution in [2.24, 2.45) is 5.41 Å². The molecule has 3 amide bonds. The van der Waals surface area contributed by atoms with E-state index in [-0.39, 0.29) is 23.7 Å². The molecule has 1 aliphatic rings. The Morgan fingerprint density at radius 2 is 2.06 bits per heavy atom. The molecule has 0 aliphatic carbocycles. The predicted molar refractivity (Wildman–Crippen MR) is 58.4 cm³/mol. The standard InChI is InChI=1S/C11H18N2O3/c1-11(2,3)6-9(15)12-7-4-5-8(14)13-10(7)16/h7H,4-6H2,1-3H3,(H,12,15)(H,13,14,16). The number of imide groups is 1. The first-order valence-corrected chi connectivity index (χ1v) is 5.41. The fourth-order valence-corrected chi connectivity index (χ4v) is 1.56. The van der Waals surface area contributed by atoms with Crippen LogP contribution < -0.4 is 10.6 Å². The molecule has 1 heterocycles. The molecule has 1 rings (SSSR count). The number of piperidine rings is 1. The van der Waals surface area contributed by atoms with Crippen LogP contribution >= 0.6 is 0 Å². The first-order chi connectivity index (χ1) is 7.28.